The number of carbonyl (C=O) groups is 1. The molecule has 1 heterocycles. The van der Waals surface area contributed by atoms with Crippen LogP contribution in [0.2, 0.25) is 0 Å². The van der Waals surface area contributed by atoms with Gasteiger partial charge in [-0.15, -0.1) is 24.0 Å². The highest BCUT2D eigenvalue weighted by Gasteiger charge is 2.21. The fourth-order valence-electron chi connectivity index (χ4n) is 3.96. The van der Waals surface area contributed by atoms with E-state index in [0.29, 0.717) is 19.5 Å². The van der Waals surface area contributed by atoms with E-state index in [1.165, 1.54) is 11.1 Å². The van der Waals surface area contributed by atoms with Gasteiger partial charge in [-0.2, -0.15) is 0 Å². The summed E-state index contributed by atoms with van der Waals surface area (Å²) in [4.78, 5) is 21.1. The van der Waals surface area contributed by atoms with Crippen LogP contribution < -0.4 is 10.6 Å². The van der Waals surface area contributed by atoms with Crippen LogP contribution in [0.25, 0.3) is 0 Å². The van der Waals surface area contributed by atoms with E-state index in [4.69, 9.17) is 4.74 Å². The second-order valence-electron chi connectivity index (χ2n) is 8.21. The van der Waals surface area contributed by atoms with Gasteiger partial charge in [-0.1, -0.05) is 24.3 Å². The number of ether oxygens (including phenoxy) is 1. The molecule has 1 aromatic carbocycles. The lowest BCUT2D eigenvalue weighted by Crippen LogP contribution is -2.44. The van der Waals surface area contributed by atoms with Crippen LogP contribution in [0.3, 0.4) is 0 Å². The van der Waals surface area contributed by atoms with Gasteiger partial charge in [0.05, 0.1) is 18.8 Å². The highest BCUT2D eigenvalue weighted by atomic mass is 127. The predicted molar refractivity (Wildman–Crippen MR) is 143 cm³/mol. The minimum absolute atomic E-state index is 0. The third-order valence-corrected chi connectivity index (χ3v) is 5.44. The summed E-state index contributed by atoms with van der Waals surface area (Å²) in [7, 11) is 0. The number of carbonyl (C=O) groups excluding carboxylic acids is 1. The van der Waals surface area contributed by atoms with E-state index in [1.807, 2.05) is 25.7 Å². The summed E-state index contributed by atoms with van der Waals surface area (Å²) in [6, 6.07) is 8.69. The van der Waals surface area contributed by atoms with Crippen LogP contribution in [0.1, 0.15) is 52.2 Å². The third kappa shape index (κ3) is 10.0. The zero-order valence-electron chi connectivity index (χ0n) is 20.4. The van der Waals surface area contributed by atoms with Crippen molar-refractivity contribution in [3.8, 4) is 0 Å². The molecule has 8 heteroatoms. The average Bonchev–Trinajstić information content (AvgIpc) is 2.73. The Morgan fingerprint density at radius 2 is 1.66 bits per heavy atom. The number of halogens is 1. The van der Waals surface area contributed by atoms with Crippen LogP contribution in [-0.2, 0) is 22.6 Å². The normalized spacial score (nSPS) is 19.2. The van der Waals surface area contributed by atoms with E-state index in [0.717, 1.165) is 45.2 Å². The van der Waals surface area contributed by atoms with Crippen molar-refractivity contribution in [1.82, 2.24) is 20.4 Å². The van der Waals surface area contributed by atoms with Gasteiger partial charge in [-0.25, -0.2) is 4.99 Å². The molecule has 1 aromatic rings. The van der Waals surface area contributed by atoms with E-state index in [1.54, 1.807) is 0 Å². The van der Waals surface area contributed by atoms with Gasteiger partial charge >= 0.3 is 0 Å². The number of benzene rings is 1. The topological polar surface area (TPSA) is 69.2 Å². The maximum atomic E-state index is 12.1. The molecule has 32 heavy (non-hydrogen) atoms. The molecule has 1 aliphatic rings. The molecule has 0 radical (unpaired) electrons. The van der Waals surface area contributed by atoms with Crippen molar-refractivity contribution >= 4 is 35.8 Å². The van der Waals surface area contributed by atoms with Gasteiger partial charge in [-0.05, 0) is 45.7 Å². The van der Waals surface area contributed by atoms with Crippen molar-refractivity contribution in [1.29, 1.82) is 0 Å². The molecular formula is C24H42IN5O2. The SMILES string of the molecule is CCNC(=NCc1ccc(CN2CC(C)OC(C)C2)cc1)NCCC(=O)N(CC)CC.I. The van der Waals surface area contributed by atoms with Crippen LogP contribution in [0, 0.1) is 0 Å². The van der Waals surface area contributed by atoms with Crippen molar-refractivity contribution in [3.63, 3.8) is 0 Å². The molecule has 1 amide bonds. The van der Waals surface area contributed by atoms with Crippen LogP contribution in [0.5, 0.6) is 0 Å². The molecule has 2 unspecified atom stereocenters. The van der Waals surface area contributed by atoms with E-state index >= 15 is 0 Å². The van der Waals surface area contributed by atoms with Crippen LogP contribution in [0.4, 0.5) is 0 Å². The largest absolute Gasteiger partial charge is 0.373 e. The molecule has 182 valence electrons. The number of amides is 1. The Morgan fingerprint density at radius 3 is 2.22 bits per heavy atom. The Labute approximate surface area is 211 Å². The van der Waals surface area contributed by atoms with Gasteiger partial charge < -0.3 is 20.3 Å². The number of morpholine rings is 1. The first kappa shape index (κ1) is 28.6. The number of nitrogens with zero attached hydrogens (tertiary/aromatic N) is 3. The Balaban J connectivity index is 0.00000512. The van der Waals surface area contributed by atoms with Crippen molar-refractivity contribution in [3.05, 3.63) is 35.4 Å². The van der Waals surface area contributed by atoms with Crippen molar-refractivity contribution in [2.75, 3.05) is 39.3 Å². The highest BCUT2D eigenvalue weighted by molar-refractivity contribution is 14.0. The third-order valence-electron chi connectivity index (χ3n) is 5.44. The molecule has 0 aliphatic carbocycles. The molecular weight excluding hydrogens is 517 g/mol. The summed E-state index contributed by atoms with van der Waals surface area (Å²) >= 11 is 0. The molecule has 1 saturated heterocycles. The number of hydrogen-bond acceptors (Lipinski definition) is 4. The molecule has 0 bridgehead atoms. The molecule has 7 nitrogen and oxygen atoms in total. The smallest absolute Gasteiger partial charge is 0.224 e. The molecule has 0 spiro atoms. The first-order valence-electron chi connectivity index (χ1n) is 11.7. The maximum absolute atomic E-state index is 12.1. The van der Waals surface area contributed by atoms with Crippen molar-refractivity contribution in [2.24, 2.45) is 4.99 Å². The van der Waals surface area contributed by atoms with Crippen LogP contribution in [-0.4, -0.2) is 73.1 Å². The van der Waals surface area contributed by atoms with Crippen LogP contribution in [0.15, 0.2) is 29.3 Å². The number of hydrogen-bond donors (Lipinski definition) is 2. The molecule has 2 atom stereocenters. The van der Waals surface area contributed by atoms with E-state index in [2.05, 4.69) is 58.6 Å². The lowest BCUT2D eigenvalue weighted by atomic mass is 10.1. The van der Waals surface area contributed by atoms with Gasteiger partial charge in [0, 0.05) is 52.2 Å². The summed E-state index contributed by atoms with van der Waals surface area (Å²) in [6.07, 6.45) is 1.05. The fraction of sp³-hybridized carbons (Fsp3) is 0.667. The summed E-state index contributed by atoms with van der Waals surface area (Å²) in [6.45, 7) is 16.7. The van der Waals surface area contributed by atoms with Gasteiger partial charge in [0.15, 0.2) is 5.96 Å². The van der Waals surface area contributed by atoms with Crippen LogP contribution >= 0.6 is 24.0 Å². The first-order valence-corrected chi connectivity index (χ1v) is 11.7. The predicted octanol–water partition coefficient (Wildman–Crippen LogP) is 3.23. The average molecular weight is 560 g/mol. The van der Waals surface area contributed by atoms with Crippen molar-refractivity contribution in [2.45, 2.75) is 66.3 Å². The van der Waals surface area contributed by atoms with Crippen molar-refractivity contribution < 1.29 is 9.53 Å². The van der Waals surface area contributed by atoms with Gasteiger partial charge in [0.25, 0.3) is 0 Å². The van der Waals surface area contributed by atoms with Gasteiger partial charge in [0.2, 0.25) is 5.91 Å². The lowest BCUT2D eigenvalue weighted by molar-refractivity contribution is -0.130. The standard InChI is InChI=1S/C24H41N5O2.HI/c1-6-25-24(26-14-13-23(30)29(7-2)8-3)27-15-21-9-11-22(12-10-21)18-28-16-19(4)31-20(5)17-28;/h9-12,19-20H,6-8,13-18H2,1-5H3,(H2,25,26,27);1H. The molecule has 2 rings (SSSR count). The van der Waals surface area contributed by atoms with E-state index < -0.39 is 0 Å². The quantitative estimate of drug-likeness (QED) is 0.262. The summed E-state index contributed by atoms with van der Waals surface area (Å²) in [5.41, 5.74) is 2.48. The zero-order chi connectivity index (χ0) is 22.6. The Hall–Kier alpha value is -1.39. The Kier molecular flexibility index (Phi) is 13.8. The summed E-state index contributed by atoms with van der Waals surface area (Å²) in [5, 5.41) is 6.52. The van der Waals surface area contributed by atoms with Gasteiger partial charge in [-0.3, -0.25) is 9.69 Å². The molecule has 0 saturated carbocycles. The zero-order valence-corrected chi connectivity index (χ0v) is 22.7. The second-order valence-corrected chi connectivity index (χ2v) is 8.21. The monoisotopic (exact) mass is 559 g/mol. The summed E-state index contributed by atoms with van der Waals surface area (Å²) in [5.74, 6) is 0.920. The Bertz CT molecular complexity index is 684. The number of aliphatic imine (C=N–C) groups is 1. The molecule has 2 N–H and O–H groups in total. The molecule has 0 aromatic heterocycles. The van der Waals surface area contributed by atoms with Gasteiger partial charge in [0.1, 0.15) is 0 Å². The lowest BCUT2D eigenvalue weighted by Gasteiger charge is -2.35. The summed E-state index contributed by atoms with van der Waals surface area (Å²) < 4.78 is 5.82. The van der Waals surface area contributed by atoms with E-state index in [-0.39, 0.29) is 42.1 Å². The number of guanidine groups is 1. The first-order chi connectivity index (χ1) is 14.9. The maximum Gasteiger partial charge on any atom is 0.224 e. The highest BCUT2D eigenvalue weighted by Crippen LogP contribution is 2.15. The second kappa shape index (κ2) is 15.4. The fourth-order valence-corrected chi connectivity index (χ4v) is 3.96. The van der Waals surface area contributed by atoms with E-state index in [9.17, 15) is 4.79 Å². The minimum Gasteiger partial charge on any atom is -0.373 e. The minimum atomic E-state index is 0. The number of rotatable bonds is 10. The Morgan fingerprint density at radius 1 is 1.06 bits per heavy atom. The number of nitrogens with one attached hydrogen (secondary N) is 2. The molecule has 1 aliphatic heterocycles. The molecule has 1 fully saturated rings.